The van der Waals surface area contributed by atoms with E-state index in [1.165, 1.54) is 43.5 Å². The number of methoxy groups -OCH3 is 1. The van der Waals surface area contributed by atoms with Crippen LogP contribution < -0.4 is 10.1 Å². The number of alkyl halides is 3. The van der Waals surface area contributed by atoms with Gasteiger partial charge in [0.25, 0.3) is 0 Å². The van der Waals surface area contributed by atoms with Gasteiger partial charge < -0.3 is 10.1 Å². The third-order valence-corrected chi connectivity index (χ3v) is 3.68. The van der Waals surface area contributed by atoms with Crippen molar-refractivity contribution in [2.75, 3.05) is 7.11 Å². The Morgan fingerprint density at radius 1 is 1.19 bits per heavy atom. The van der Waals surface area contributed by atoms with Crippen molar-refractivity contribution >= 4 is 12.0 Å². The maximum Gasteiger partial charge on any atom is 0.416 e. The average Bonchev–Trinajstić information content (AvgIpc) is 2.59. The maximum atomic E-state index is 13.6. The molecule has 0 aliphatic heterocycles. The molecular weight excluding hydrogens is 350 g/mol. The number of amides is 1. The summed E-state index contributed by atoms with van der Waals surface area (Å²) < 4.78 is 56.6. The van der Waals surface area contributed by atoms with Gasteiger partial charge in [0.05, 0.1) is 18.7 Å². The zero-order valence-corrected chi connectivity index (χ0v) is 14.1. The Balaban J connectivity index is 2.04. The number of benzene rings is 2. The lowest BCUT2D eigenvalue weighted by molar-refractivity contribution is -0.137. The van der Waals surface area contributed by atoms with Crippen molar-refractivity contribution < 1.29 is 27.1 Å². The van der Waals surface area contributed by atoms with Crippen LogP contribution in [0, 0.1) is 5.82 Å². The van der Waals surface area contributed by atoms with Gasteiger partial charge in [0, 0.05) is 6.08 Å². The maximum absolute atomic E-state index is 13.6. The van der Waals surface area contributed by atoms with Crippen LogP contribution in [0.5, 0.6) is 5.75 Å². The van der Waals surface area contributed by atoms with E-state index < -0.39 is 29.5 Å². The van der Waals surface area contributed by atoms with Gasteiger partial charge in [-0.05, 0) is 48.4 Å². The molecule has 26 heavy (non-hydrogen) atoms. The van der Waals surface area contributed by atoms with Gasteiger partial charge in [-0.2, -0.15) is 13.2 Å². The Morgan fingerprint density at radius 3 is 2.54 bits per heavy atom. The van der Waals surface area contributed by atoms with Crippen LogP contribution in [0.2, 0.25) is 0 Å². The Hall–Kier alpha value is -2.83. The fourth-order valence-corrected chi connectivity index (χ4v) is 2.29. The summed E-state index contributed by atoms with van der Waals surface area (Å²) in [5.41, 5.74) is 0.00240. The Bertz CT molecular complexity index is 815. The molecule has 1 atom stereocenters. The predicted octanol–water partition coefficient (Wildman–Crippen LogP) is 4.74. The molecule has 0 fully saturated rings. The van der Waals surface area contributed by atoms with Gasteiger partial charge in [-0.15, -0.1) is 0 Å². The minimum Gasteiger partial charge on any atom is -0.494 e. The summed E-state index contributed by atoms with van der Waals surface area (Å²) in [7, 11) is 1.34. The number of nitrogens with one attached hydrogen (secondary N) is 1. The summed E-state index contributed by atoms with van der Waals surface area (Å²) in [6.07, 6.45) is -1.86. The number of ether oxygens (including phenoxy) is 1. The fourth-order valence-electron chi connectivity index (χ4n) is 2.29. The smallest absolute Gasteiger partial charge is 0.416 e. The first kappa shape index (κ1) is 19.5. The van der Waals surface area contributed by atoms with E-state index in [1.54, 1.807) is 13.0 Å². The number of hydrogen-bond donors (Lipinski definition) is 1. The molecule has 3 nitrogen and oxygen atoms in total. The van der Waals surface area contributed by atoms with Crippen molar-refractivity contribution in [2.24, 2.45) is 0 Å². The molecule has 0 aromatic heterocycles. The lowest BCUT2D eigenvalue weighted by atomic mass is 10.0. The van der Waals surface area contributed by atoms with Crippen LogP contribution in [-0.2, 0) is 11.0 Å². The summed E-state index contributed by atoms with van der Waals surface area (Å²) in [5, 5.41) is 2.57. The quantitative estimate of drug-likeness (QED) is 0.612. The molecular formula is C19H17F4NO2. The zero-order chi connectivity index (χ0) is 19.3. The number of halogens is 4. The largest absolute Gasteiger partial charge is 0.494 e. The summed E-state index contributed by atoms with van der Waals surface area (Å²) in [6.45, 7) is 1.58. The van der Waals surface area contributed by atoms with Crippen molar-refractivity contribution in [1.82, 2.24) is 5.32 Å². The van der Waals surface area contributed by atoms with E-state index >= 15 is 0 Å². The second-order valence-corrected chi connectivity index (χ2v) is 5.58. The molecule has 1 N–H and O–H groups in total. The first-order valence-electron chi connectivity index (χ1n) is 7.70. The van der Waals surface area contributed by atoms with Gasteiger partial charge in [-0.3, -0.25) is 4.79 Å². The summed E-state index contributed by atoms with van der Waals surface area (Å²) in [5.74, 6) is -0.983. The molecule has 1 unspecified atom stereocenters. The fraction of sp³-hybridized carbons (Fsp3) is 0.211. The van der Waals surface area contributed by atoms with E-state index in [0.29, 0.717) is 11.1 Å². The molecule has 2 aromatic carbocycles. The van der Waals surface area contributed by atoms with Gasteiger partial charge in [-0.25, -0.2) is 4.39 Å². The van der Waals surface area contributed by atoms with Crippen LogP contribution in [0.15, 0.2) is 48.5 Å². The Kier molecular flexibility index (Phi) is 6.02. The molecule has 2 aromatic rings. The van der Waals surface area contributed by atoms with Crippen molar-refractivity contribution in [3.63, 3.8) is 0 Å². The molecule has 0 aliphatic rings. The molecule has 1 amide bonds. The van der Waals surface area contributed by atoms with E-state index in [2.05, 4.69) is 5.32 Å². The van der Waals surface area contributed by atoms with Crippen LogP contribution in [0.1, 0.15) is 29.7 Å². The Labute approximate surface area is 148 Å². The first-order chi connectivity index (χ1) is 12.2. The predicted molar refractivity (Wildman–Crippen MR) is 90.0 cm³/mol. The summed E-state index contributed by atoms with van der Waals surface area (Å²) >= 11 is 0. The van der Waals surface area contributed by atoms with Crippen LogP contribution >= 0.6 is 0 Å². The molecule has 0 aliphatic carbocycles. The van der Waals surface area contributed by atoms with Crippen LogP contribution in [0.3, 0.4) is 0 Å². The van der Waals surface area contributed by atoms with Crippen LogP contribution in [-0.4, -0.2) is 13.0 Å². The minimum absolute atomic E-state index is 0.0878. The van der Waals surface area contributed by atoms with Crippen molar-refractivity contribution in [3.8, 4) is 5.75 Å². The SMILES string of the molecule is COc1ccc(/C=C/C(=O)NC(C)c2cccc(C(F)(F)F)c2)cc1F. The standard InChI is InChI=1S/C19H17F4NO2/c1-12(14-4-3-5-15(11-14)19(21,22)23)24-18(25)9-7-13-6-8-17(26-2)16(20)10-13/h3-12H,1-2H3,(H,24,25)/b9-7+. The zero-order valence-electron chi connectivity index (χ0n) is 14.1. The third-order valence-electron chi connectivity index (χ3n) is 3.68. The van der Waals surface area contributed by atoms with E-state index in [-0.39, 0.29) is 5.75 Å². The van der Waals surface area contributed by atoms with E-state index in [9.17, 15) is 22.4 Å². The lowest BCUT2D eigenvalue weighted by Gasteiger charge is -2.15. The topological polar surface area (TPSA) is 38.3 Å². The minimum atomic E-state index is -4.45. The van der Waals surface area contributed by atoms with Crippen LogP contribution in [0.25, 0.3) is 6.08 Å². The molecule has 0 heterocycles. The van der Waals surface area contributed by atoms with Crippen molar-refractivity contribution in [2.45, 2.75) is 19.1 Å². The van der Waals surface area contributed by atoms with Crippen molar-refractivity contribution in [3.05, 3.63) is 71.0 Å². The van der Waals surface area contributed by atoms with Gasteiger partial charge >= 0.3 is 6.18 Å². The molecule has 138 valence electrons. The summed E-state index contributed by atoms with van der Waals surface area (Å²) in [4.78, 5) is 12.0. The number of rotatable bonds is 5. The molecule has 0 radical (unpaired) electrons. The van der Waals surface area contributed by atoms with E-state index in [0.717, 1.165) is 12.1 Å². The van der Waals surface area contributed by atoms with Gasteiger partial charge in [0.2, 0.25) is 5.91 Å². The highest BCUT2D eigenvalue weighted by Crippen LogP contribution is 2.30. The van der Waals surface area contributed by atoms with E-state index in [1.807, 2.05) is 0 Å². The van der Waals surface area contributed by atoms with E-state index in [4.69, 9.17) is 4.74 Å². The highest BCUT2D eigenvalue weighted by atomic mass is 19.4. The molecule has 0 saturated carbocycles. The number of hydrogen-bond acceptors (Lipinski definition) is 2. The highest BCUT2D eigenvalue weighted by Gasteiger charge is 2.30. The average molecular weight is 367 g/mol. The van der Waals surface area contributed by atoms with Crippen molar-refractivity contribution in [1.29, 1.82) is 0 Å². The second kappa shape index (κ2) is 8.03. The van der Waals surface area contributed by atoms with Gasteiger partial charge in [-0.1, -0.05) is 18.2 Å². The highest BCUT2D eigenvalue weighted by molar-refractivity contribution is 5.92. The molecule has 0 spiro atoms. The Morgan fingerprint density at radius 2 is 1.92 bits per heavy atom. The molecule has 2 rings (SSSR count). The normalized spacial score (nSPS) is 12.8. The first-order valence-corrected chi connectivity index (χ1v) is 7.70. The number of carbonyl (C=O) groups excluding carboxylic acids is 1. The molecule has 7 heteroatoms. The molecule has 0 bridgehead atoms. The van der Waals surface area contributed by atoms with Gasteiger partial charge in [0.1, 0.15) is 0 Å². The molecule has 0 saturated heterocycles. The monoisotopic (exact) mass is 367 g/mol. The summed E-state index contributed by atoms with van der Waals surface area (Å²) in [6, 6.07) is 8.34. The van der Waals surface area contributed by atoms with Crippen LogP contribution in [0.4, 0.5) is 17.6 Å². The number of carbonyl (C=O) groups is 1. The third kappa shape index (κ3) is 5.08. The second-order valence-electron chi connectivity index (χ2n) is 5.58. The lowest BCUT2D eigenvalue weighted by Crippen LogP contribution is -2.24. The van der Waals surface area contributed by atoms with Gasteiger partial charge in [0.15, 0.2) is 11.6 Å².